The number of rotatable bonds is 5. The number of pyridine rings is 1. The van der Waals surface area contributed by atoms with E-state index in [-0.39, 0.29) is 5.52 Å². The summed E-state index contributed by atoms with van der Waals surface area (Å²) in [6, 6.07) is 6.13. The van der Waals surface area contributed by atoms with Crippen molar-refractivity contribution in [1.82, 2.24) is 9.97 Å². The minimum absolute atomic E-state index is 0.118. The number of aromatic amines is 1. The van der Waals surface area contributed by atoms with E-state index in [0.717, 1.165) is 34.5 Å². The van der Waals surface area contributed by atoms with Gasteiger partial charge in [-0.05, 0) is 59.4 Å². The van der Waals surface area contributed by atoms with Crippen LogP contribution in [-0.2, 0) is 12.6 Å². The molecule has 0 saturated carbocycles. The Hall–Kier alpha value is -1.86. The molecule has 132 valence electrons. The van der Waals surface area contributed by atoms with Crippen molar-refractivity contribution in [2.75, 3.05) is 6.54 Å². The zero-order valence-electron chi connectivity index (χ0n) is 13.3. The summed E-state index contributed by atoms with van der Waals surface area (Å²) in [7, 11) is 0. The second kappa shape index (κ2) is 7.17. The van der Waals surface area contributed by atoms with Crippen LogP contribution in [0, 0.1) is 0 Å². The monoisotopic (exact) mass is 411 g/mol. The average Bonchev–Trinajstić information content (AvgIpc) is 2.93. The molecule has 3 rings (SSSR count). The van der Waals surface area contributed by atoms with Crippen LogP contribution in [0.2, 0.25) is 0 Å². The van der Waals surface area contributed by atoms with Gasteiger partial charge in [0.1, 0.15) is 0 Å². The molecular weight excluding hydrogens is 395 g/mol. The third-order valence-electron chi connectivity index (χ3n) is 4.12. The van der Waals surface area contributed by atoms with Gasteiger partial charge in [-0.3, -0.25) is 4.98 Å². The largest absolute Gasteiger partial charge is 0.418 e. The maximum absolute atomic E-state index is 13.4. The van der Waals surface area contributed by atoms with E-state index in [2.05, 4.69) is 25.9 Å². The van der Waals surface area contributed by atoms with Gasteiger partial charge in [0.15, 0.2) is 0 Å². The van der Waals surface area contributed by atoms with E-state index in [9.17, 15) is 13.2 Å². The van der Waals surface area contributed by atoms with Crippen molar-refractivity contribution in [2.24, 2.45) is 5.73 Å². The SMILES string of the molecule is NCCCCc1c(-c2cncc(Br)c2)[nH]c2c(C(F)(F)F)cccc12. The van der Waals surface area contributed by atoms with E-state index >= 15 is 0 Å². The first-order chi connectivity index (χ1) is 11.9. The van der Waals surface area contributed by atoms with E-state index in [1.807, 2.05) is 6.07 Å². The number of halogens is 4. The van der Waals surface area contributed by atoms with E-state index < -0.39 is 11.7 Å². The lowest BCUT2D eigenvalue weighted by Gasteiger charge is -2.07. The molecule has 0 aliphatic rings. The number of unbranched alkanes of at least 4 members (excludes halogenated alkanes) is 1. The number of para-hydroxylation sites is 1. The number of nitrogens with one attached hydrogen (secondary N) is 1. The number of fused-ring (bicyclic) bond motifs is 1. The fraction of sp³-hybridized carbons (Fsp3) is 0.278. The van der Waals surface area contributed by atoms with Gasteiger partial charge in [0.25, 0.3) is 0 Å². The maximum atomic E-state index is 13.4. The smallest absolute Gasteiger partial charge is 0.354 e. The van der Waals surface area contributed by atoms with Crippen LogP contribution in [-0.4, -0.2) is 16.5 Å². The second-order valence-corrected chi connectivity index (χ2v) is 6.76. The predicted octanol–water partition coefficient (Wildman–Crippen LogP) is 5.29. The molecule has 0 saturated heterocycles. The van der Waals surface area contributed by atoms with Gasteiger partial charge < -0.3 is 10.7 Å². The first-order valence-corrected chi connectivity index (χ1v) is 8.73. The lowest BCUT2D eigenvalue weighted by Crippen LogP contribution is -2.05. The number of hydrogen-bond donors (Lipinski definition) is 2. The molecule has 2 heterocycles. The Bertz CT molecular complexity index is 887. The van der Waals surface area contributed by atoms with E-state index in [0.29, 0.717) is 24.0 Å². The zero-order chi connectivity index (χ0) is 18.0. The number of alkyl halides is 3. The molecule has 0 bridgehead atoms. The minimum atomic E-state index is -4.41. The van der Waals surface area contributed by atoms with Crippen molar-refractivity contribution in [3.8, 4) is 11.3 Å². The van der Waals surface area contributed by atoms with Crippen molar-refractivity contribution < 1.29 is 13.2 Å². The standard InChI is InChI=1S/C18H17BrF3N3/c19-12-8-11(9-24-10-12)16-13(4-1-2-7-23)14-5-3-6-15(17(14)25-16)18(20,21)22/h3,5-6,8-10,25H,1-2,4,7,23H2. The van der Waals surface area contributed by atoms with E-state index in [4.69, 9.17) is 5.73 Å². The van der Waals surface area contributed by atoms with Crippen LogP contribution >= 0.6 is 15.9 Å². The van der Waals surface area contributed by atoms with Gasteiger partial charge in [-0.2, -0.15) is 13.2 Å². The maximum Gasteiger partial charge on any atom is 0.418 e. The molecule has 0 spiro atoms. The Balaban J connectivity index is 2.22. The molecular formula is C18H17BrF3N3. The molecule has 0 unspecified atom stereocenters. The fourth-order valence-electron chi connectivity index (χ4n) is 3.01. The van der Waals surface area contributed by atoms with Gasteiger partial charge in [-0.1, -0.05) is 12.1 Å². The highest BCUT2D eigenvalue weighted by atomic mass is 79.9. The summed E-state index contributed by atoms with van der Waals surface area (Å²) in [6.45, 7) is 0.559. The van der Waals surface area contributed by atoms with Crippen molar-refractivity contribution >= 4 is 26.8 Å². The van der Waals surface area contributed by atoms with Crippen LogP contribution in [0.25, 0.3) is 22.2 Å². The Morgan fingerprint density at radius 2 is 1.96 bits per heavy atom. The van der Waals surface area contributed by atoms with Crippen molar-refractivity contribution in [3.63, 3.8) is 0 Å². The minimum Gasteiger partial charge on any atom is -0.354 e. The molecule has 25 heavy (non-hydrogen) atoms. The van der Waals surface area contributed by atoms with Crippen LogP contribution in [0.4, 0.5) is 13.2 Å². The fourth-order valence-corrected chi connectivity index (χ4v) is 3.38. The third kappa shape index (κ3) is 3.72. The third-order valence-corrected chi connectivity index (χ3v) is 4.55. The number of nitrogens with two attached hydrogens (primary N) is 1. The van der Waals surface area contributed by atoms with Gasteiger partial charge >= 0.3 is 6.18 Å². The normalized spacial score (nSPS) is 12.0. The number of aromatic nitrogens is 2. The van der Waals surface area contributed by atoms with Crippen LogP contribution in [0.5, 0.6) is 0 Å². The van der Waals surface area contributed by atoms with Crippen molar-refractivity contribution in [1.29, 1.82) is 0 Å². The molecule has 2 aromatic heterocycles. The summed E-state index contributed by atoms with van der Waals surface area (Å²) in [5.41, 5.74) is 7.32. The zero-order valence-corrected chi connectivity index (χ0v) is 14.9. The van der Waals surface area contributed by atoms with E-state index in [1.54, 1.807) is 18.5 Å². The first kappa shape index (κ1) is 17.9. The average molecular weight is 412 g/mol. The number of benzene rings is 1. The Kier molecular flexibility index (Phi) is 5.15. The van der Waals surface area contributed by atoms with Crippen LogP contribution in [0.1, 0.15) is 24.0 Å². The topological polar surface area (TPSA) is 54.7 Å². The molecule has 0 aliphatic heterocycles. The van der Waals surface area contributed by atoms with Gasteiger partial charge in [-0.15, -0.1) is 0 Å². The highest BCUT2D eigenvalue weighted by molar-refractivity contribution is 9.10. The second-order valence-electron chi connectivity index (χ2n) is 5.84. The quantitative estimate of drug-likeness (QED) is 0.560. The summed E-state index contributed by atoms with van der Waals surface area (Å²) in [5.74, 6) is 0. The number of H-pyrrole nitrogens is 1. The number of hydrogen-bond acceptors (Lipinski definition) is 2. The summed E-state index contributed by atoms with van der Waals surface area (Å²) in [5, 5.41) is 0.599. The summed E-state index contributed by atoms with van der Waals surface area (Å²) >= 11 is 3.36. The van der Waals surface area contributed by atoms with Crippen LogP contribution in [0.15, 0.2) is 41.1 Å². The van der Waals surface area contributed by atoms with Gasteiger partial charge in [-0.25, -0.2) is 0 Å². The molecule has 0 aliphatic carbocycles. The van der Waals surface area contributed by atoms with Gasteiger partial charge in [0.05, 0.1) is 16.8 Å². The number of aryl methyl sites for hydroxylation is 1. The predicted molar refractivity (Wildman–Crippen MR) is 96.2 cm³/mol. The first-order valence-electron chi connectivity index (χ1n) is 7.93. The summed E-state index contributed by atoms with van der Waals surface area (Å²) in [4.78, 5) is 7.13. The molecule has 0 atom stereocenters. The van der Waals surface area contributed by atoms with Crippen molar-refractivity contribution in [3.05, 3.63) is 52.3 Å². The summed E-state index contributed by atoms with van der Waals surface area (Å²) < 4.78 is 40.9. The lowest BCUT2D eigenvalue weighted by atomic mass is 10.00. The molecule has 7 heteroatoms. The molecule has 3 aromatic rings. The van der Waals surface area contributed by atoms with Gasteiger partial charge in [0, 0.05) is 27.8 Å². The van der Waals surface area contributed by atoms with Gasteiger partial charge in [0.2, 0.25) is 0 Å². The van der Waals surface area contributed by atoms with Crippen molar-refractivity contribution in [2.45, 2.75) is 25.4 Å². The highest BCUT2D eigenvalue weighted by Gasteiger charge is 2.34. The molecule has 0 amide bonds. The lowest BCUT2D eigenvalue weighted by molar-refractivity contribution is -0.136. The molecule has 3 nitrogen and oxygen atoms in total. The Morgan fingerprint density at radius 1 is 1.16 bits per heavy atom. The highest BCUT2D eigenvalue weighted by Crippen LogP contribution is 2.39. The Morgan fingerprint density at radius 3 is 2.64 bits per heavy atom. The number of nitrogens with zero attached hydrogens (tertiary/aromatic N) is 1. The molecule has 0 fully saturated rings. The van der Waals surface area contributed by atoms with Crippen LogP contribution < -0.4 is 5.73 Å². The summed E-state index contributed by atoms with van der Waals surface area (Å²) in [6.07, 6.45) is 1.17. The molecule has 1 aromatic carbocycles. The van der Waals surface area contributed by atoms with E-state index in [1.165, 1.54) is 6.07 Å². The molecule has 3 N–H and O–H groups in total. The molecule has 0 radical (unpaired) electrons. The van der Waals surface area contributed by atoms with Crippen LogP contribution in [0.3, 0.4) is 0 Å². The Labute approximate surface area is 151 Å².